The van der Waals surface area contributed by atoms with Gasteiger partial charge in [0.05, 0.1) is 0 Å². The van der Waals surface area contributed by atoms with E-state index in [-0.39, 0.29) is 6.42 Å². The van der Waals surface area contributed by atoms with Crippen LogP contribution in [0.4, 0.5) is 13.2 Å². The van der Waals surface area contributed by atoms with E-state index in [9.17, 15) is 13.2 Å². The van der Waals surface area contributed by atoms with Crippen LogP contribution in [0.1, 0.15) is 38.5 Å². The molecule has 104 valence electrons. The van der Waals surface area contributed by atoms with E-state index in [1.807, 2.05) is 0 Å². The van der Waals surface area contributed by atoms with Gasteiger partial charge in [-0.2, -0.15) is 13.2 Å². The summed E-state index contributed by atoms with van der Waals surface area (Å²) < 4.78 is 35.8. The molecule has 6 heteroatoms. The van der Waals surface area contributed by atoms with Gasteiger partial charge in [-0.05, 0) is 31.6 Å². The third-order valence-electron chi connectivity index (χ3n) is 3.53. The van der Waals surface area contributed by atoms with E-state index in [0.29, 0.717) is 19.0 Å². The molecule has 0 spiro atoms. The van der Waals surface area contributed by atoms with Crippen LogP contribution in [0.15, 0.2) is 4.99 Å². The number of fused-ring (bicyclic) bond motifs is 1. The minimum Gasteiger partial charge on any atom is -0.362 e. The molecule has 0 amide bonds. The van der Waals surface area contributed by atoms with Gasteiger partial charge in [-0.25, -0.2) is 0 Å². The monoisotopic (exact) mass is 280 g/mol. The Bertz CT molecular complexity index is 304. The van der Waals surface area contributed by atoms with Gasteiger partial charge in [-0.15, -0.1) is 0 Å². The van der Waals surface area contributed by atoms with Gasteiger partial charge in [-0.1, -0.05) is 18.2 Å². The average Bonchev–Trinajstić information content (AvgIpc) is 2.74. The number of hydrogen-bond donors (Lipinski definition) is 1. The van der Waals surface area contributed by atoms with Crippen LogP contribution in [0.25, 0.3) is 0 Å². The maximum atomic E-state index is 11.9. The highest BCUT2D eigenvalue weighted by Crippen LogP contribution is 2.32. The number of nitrogens with zero attached hydrogens (tertiary/aromatic N) is 1. The van der Waals surface area contributed by atoms with Crippen molar-refractivity contribution in [2.75, 3.05) is 12.3 Å². The first-order valence-electron chi connectivity index (χ1n) is 6.55. The molecule has 0 aromatic heterocycles. The van der Waals surface area contributed by atoms with Gasteiger partial charge in [-0.3, -0.25) is 4.99 Å². The summed E-state index contributed by atoms with van der Waals surface area (Å²) in [6, 6.07) is 0.556. The quantitative estimate of drug-likeness (QED) is 0.796. The van der Waals surface area contributed by atoms with Gasteiger partial charge in [0.1, 0.15) is 0 Å². The summed E-state index contributed by atoms with van der Waals surface area (Å²) in [4.78, 5) is 4.36. The highest BCUT2D eigenvalue weighted by atomic mass is 32.2. The van der Waals surface area contributed by atoms with Crippen LogP contribution in [0.5, 0.6) is 0 Å². The van der Waals surface area contributed by atoms with Gasteiger partial charge in [0.15, 0.2) is 5.17 Å². The number of alkyl halides is 3. The highest BCUT2D eigenvalue weighted by molar-refractivity contribution is 8.13. The molecule has 0 bridgehead atoms. The van der Waals surface area contributed by atoms with Gasteiger partial charge in [0.2, 0.25) is 0 Å². The second-order valence-electron chi connectivity index (χ2n) is 5.01. The Balaban J connectivity index is 1.64. The molecule has 2 nitrogen and oxygen atoms in total. The van der Waals surface area contributed by atoms with E-state index in [2.05, 4.69) is 10.3 Å². The van der Waals surface area contributed by atoms with E-state index in [4.69, 9.17) is 0 Å². The van der Waals surface area contributed by atoms with Crippen LogP contribution in [0, 0.1) is 5.92 Å². The predicted octanol–water partition coefficient (Wildman–Crippen LogP) is 3.58. The summed E-state index contributed by atoms with van der Waals surface area (Å²) >= 11 is 1.72. The van der Waals surface area contributed by atoms with Crippen molar-refractivity contribution in [2.45, 2.75) is 50.7 Å². The van der Waals surface area contributed by atoms with Crippen LogP contribution in [0.2, 0.25) is 0 Å². The van der Waals surface area contributed by atoms with Crippen molar-refractivity contribution in [3.63, 3.8) is 0 Å². The van der Waals surface area contributed by atoms with Gasteiger partial charge in [0, 0.05) is 24.8 Å². The lowest BCUT2D eigenvalue weighted by Crippen LogP contribution is -2.41. The lowest BCUT2D eigenvalue weighted by molar-refractivity contribution is -0.135. The normalized spacial score (nSPS) is 30.3. The van der Waals surface area contributed by atoms with Crippen molar-refractivity contribution >= 4 is 16.9 Å². The number of unbranched alkanes of at least 4 members (excludes halogenated alkanes) is 1. The van der Waals surface area contributed by atoms with E-state index in [1.54, 1.807) is 11.8 Å². The van der Waals surface area contributed by atoms with E-state index in [0.717, 1.165) is 16.8 Å². The lowest BCUT2D eigenvalue weighted by Gasteiger charge is -2.28. The molecule has 0 aromatic rings. The topological polar surface area (TPSA) is 24.4 Å². The zero-order valence-electron chi connectivity index (χ0n) is 10.3. The van der Waals surface area contributed by atoms with Crippen LogP contribution < -0.4 is 5.32 Å². The molecule has 1 heterocycles. The lowest BCUT2D eigenvalue weighted by atomic mass is 10.1. The third kappa shape index (κ3) is 4.37. The maximum Gasteiger partial charge on any atom is 0.389 e. The molecular formula is C12H19F3N2S. The van der Waals surface area contributed by atoms with Gasteiger partial charge < -0.3 is 5.32 Å². The van der Waals surface area contributed by atoms with Gasteiger partial charge in [0.25, 0.3) is 0 Å². The van der Waals surface area contributed by atoms with Crippen molar-refractivity contribution in [3.05, 3.63) is 0 Å². The Labute approximate surface area is 110 Å². The first kappa shape index (κ1) is 14.0. The fraction of sp³-hybridized carbons (Fsp3) is 0.917. The standard InChI is InChI=1S/C12H19F3N2S/c13-12(14,15)6-1-2-7-16-11-17-10-5-3-4-9(10)8-18-11/h9-10H,1-8H2,(H,16,17). The molecule has 2 aliphatic rings. The second kappa shape index (κ2) is 6.17. The minimum absolute atomic E-state index is 0.178. The Morgan fingerprint density at radius 2 is 2.11 bits per heavy atom. The summed E-state index contributed by atoms with van der Waals surface area (Å²) in [5.41, 5.74) is 0. The van der Waals surface area contributed by atoms with Crippen molar-refractivity contribution in [2.24, 2.45) is 10.9 Å². The Morgan fingerprint density at radius 3 is 2.89 bits per heavy atom. The number of amidine groups is 1. The van der Waals surface area contributed by atoms with Crippen molar-refractivity contribution in [1.82, 2.24) is 5.32 Å². The van der Waals surface area contributed by atoms with Crippen molar-refractivity contribution in [3.8, 4) is 0 Å². The van der Waals surface area contributed by atoms with Crippen LogP contribution in [-0.4, -0.2) is 29.7 Å². The summed E-state index contributed by atoms with van der Waals surface area (Å²) in [5.74, 6) is 1.87. The molecular weight excluding hydrogens is 261 g/mol. The largest absolute Gasteiger partial charge is 0.389 e. The SMILES string of the molecule is FC(F)(F)CCCCN=C1NC2CCCC2CS1. The molecule has 0 aromatic carbocycles. The highest BCUT2D eigenvalue weighted by Gasteiger charge is 2.31. The summed E-state index contributed by atoms with van der Waals surface area (Å²) in [5, 5.41) is 4.35. The van der Waals surface area contributed by atoms with E-state index < -0.39 is 12.6 Å². The molecule has 0 radical (unpaired) electrons. The molecule has 1 aliphatic heterocycles. The predicted molar refractivity (Wildman–Crippen MR) is 68.9 cm³/mol. The molecule has 18 heavy (non-hydrogen) atoms. The van der Waals surface area contributed by atoms with Crippen LogP contribution >= 0.6 is 11.8 Å². The molecule has 1 saturated carbocycles. The summed E-state index contributed by atoms with van der Waals surface area (Å²) in [7, 11) is 0. The smallest absolute Gasteiger partial charge is 0.362 e. The zero-order chi connectivity index (χ0) is 13.0. The molecule has 1 N–H and O–H groups in total. The number of hydrogen-bond acceptors (Lipinski definition) is 2. The Morgan fingerprint density at radius 1 is 1.28 bits per heavy atom. The molecule has 1 saturated heterocycles. The fourth-order valence-corrected chi connectivity index (χ4v) is 3.71. The fourth-order valence-electron chi connectivity index (χ4n) is 2.52. The van der Waals surface area contributed by atoms with Crippen molar-refractivity contribution in [1.29, 1.82) is 0 Å². The molecule has 2 atom stereocenters. The van der Waals surface area contributed by atoms with E-state index in [1.165, 1.54) is 19.3 Å². The minimum atomic E-state index is -4.03. The molecule has 1 aliphatic carbocycles. The number of aliphatic imine (C=N–C) groups is 1. The number of rotatable bonds is 4. The van der Waals surface area contributed by atoms with Crippen LogP contribution in [0.3, 0.4) is 0 Å². The molecule has 2 fully saturated rings. The first-order chi connectivity index (χ1) is 8.54. The van der Waals surface area contributed by atoms with Gasteiger partial charge >= 0.3 is 6.18 Å². The second-order valence-corrected chi connectivity index (χ2v) is 6.02. The average molecular weight is 280 g/mol. The third-order valence-corrected chi connectivity index (χ3v) is 4.64. The Hall–Kier alpha value is -0.390. The molecule has 2 unspecified atom stereocenters. The number of thioether (sulfide) groups is 1. The summed E-state index contributed by atoms with van der Waals surface area (Å²) in [6.45, 7) is 0.503. The van der Waals surface area contributed by atoms with Crippen molar-refractivity contribution < 1.29 is 13.2 Å². The zero-order valence-corrected chi connectivity index (χ0v) is 11.1. The number of halogens is 3. The molecule has 2 rings (SSSR count). The van der Waals surface area contributed by atoms with E-state index >= 15 is 0 Å². The maximum absolute atomic E-state index is 11.9. The summed E-state index contributed by atoms with van der Waals surface area (Å²) in [6.07, 6.45) is -0.245. The first-order valence-corrected chi connectivity index (χ1v) is 7.54. The number of nitrogens with one attached hydrogen (secondary N) is 1. The Kier molecular flexibility index (Phi) is 4.81. The van der Waals surface area contributed by atoms with Crippen LogP contribution in [-0.2, 0) is 0 Å².